The summed E-state index contributed by atoms with van der Waals surface area (Å²) in [6.45, 7) is 14.9. The smallest absolute Gasteiger partial charge is 0.302 e. The van der Waals surface area contributed by atoms with Gasteiger partial charge in [-0.05, 0) is 0 Å². The molecule has 0 amide bonds. The number of rotatable bonds is 6. The van der Waals surface area contributed by atoms with E-state index in [-0.39, 0.29) is 35.8 Å². The summed E-state index contributed by atoms with van der Waals surface area (Å²) in [5.41, 5.74) is 0. The second kappa shape index (κ2) is 38.2. The molecule has 136 valence electrons. The van der Waals surface area contributed by atoms with Crippen LogP contribution in [0.25, 0.3) is 0 Å². The number of ether oxygens (including phenoxy) is 2. The molecule has 0 aliphatic carbocycles. The summed E-state index contributed by atoms with van der Waals surface area (Å²) in [4.78, 5) is 19.9. The van der Waals surface area contributed by atoms with Crippen molar-refractivity contribution < 1.29 is 19.1 Å². The standard InChI is InChI=1S/2C4H7O2S.2C4H9.Sn/c2*1-4(5)6-2-3-7;2*1-3-4-2;/h2*2-3H2,1H3;2*1,3-4H2,2H3;. The van der Waals surface area contributed by atoms with Crippen molar-refractivity contribution in [1.82, 2.24) is 0 Å². The second-order valence-corrected chi connectivity index (χ2v) is 4.61. The van der Waals surface area contributed by atoms with Crippen molar-refractivity contribution >= 4 is 61.1 Å². The van der Waals surface area contributed by atoms with Crippen LogP contribution in [0.5, 0.6) is 0 Å². The van der Waals surface area contributed by atoms with Crippen molar-refractivity contribution in [3.05, 3.63) is 13.8 Å². The number of carbonyl (C=O) groups excluding carboxylic acids is 2. The minimum Gasteiger partial charge on any atom is -0.465 e. The fraction of sp³-hybridized carbons (Fsp3) is 0.750. The average Bonchev–Trinajstić information content (AvgIpc) is 2.51. The molecule has 0 saturated carbocycles. The third-order valence-corrected chi connectivity index (χ3v) is 1.82. The maximum absolute atomic E-state index is 9.93. The molecule has 0 fully saturated rings. The van der Waals surface area contributed by atoms with Gasteiger partial charge < -0.3 is 9.47 Å². The molecule has 4 nitrogen and oxygen atoms in total. The van der Waals surface area contributed by atoms with Gasteiger partial charge in [-0.25, -0.2) is 0 Å². The molecule has 0 aliphatic heterocycles. The molecule has 23 heavy (non-hydrogen) atoms. The molecule has 0 saturated heterocycles. The maximum atomic E-state index is 9.93. The third-order valence-electron chi connectivity index (χ3n) is 1.48. The van der Waals surface area contributed by atoms with Crippen molar-refractivity contribution in [2.24, 2.45) is 0 Å². The first-order valence-corrected chi connectivity index (χ1v) is 8.54. The molecule has 0 bridgehead atoms. The Morgan fingerprint density at radius 2 is 1.04 bits per heavy atom. The van der Waals surface area contributed by atoms with Gasteiger partial charge in [-0.15, -0.1) is 0 Å². The van der Waals surface area contributed by atoms with E-state index in [0.29, 0.717) is 24.7 Å². The van der Waals surface area contributed by atoms with Gasteiger partial charge in [0.1, 0.15) is 13.2 Å². The van der Waals surface area contributed by atoms with E-state index in [1.165, 1.54) is 26.7 Å². The molecule has 0 aliphatic rings. The molecule has 0 heterocycles. The predicted molar refractivity (Wildman–Crippen MR) is 104 cm³/mol. The molecule has 0 aromatic rings. The normalized spacial score (nSPS) is 7.65. The van der Waals surface area contributed by atoms with E-state index in [2.05, 4.69) is 62.4 Å². The quantitative estimate of drug-likeness (QED) is 0.427. The van der Waals surface area contributed by atoms with E-state index in [0.717, 1.165) is 12.8 Å². The van der Waals surface area contributed by atoms with Gasteiger partial charge in [0.05, 0.1) is 0 Å². The molecule has 8 radical (unpaired) electrons. The first kappa shape index (κ1) is 34.7. The Labute approximate surface area is 171 Å². The Morgan fingerprint density at radius 3 is 1.09 bits per heavy atom. The van der Waals surface area contributed by atoms with Crippen LogP contribution in [-0.2, 0) is 19.1 Å². The average molecular weight is 471 g/mol. The topological polar surface area (TPSA) is 52.6 Å². The fourth-order valence-electron chi connectivity index (χ4n) is 0.371. The number of hydrogen-bond acceptors (Lipinski definition) is 4. The summed E-state index contributed by atoms with van der Waals surface area (Å²) in [5, 5.41) is 0. The van der Waals surface area contributed by atoms with E-state index in [4.69, 9.17) is 0 Å². The van der Waals surface area contributed by atoms with Crippen molar-refractivity contribution in [2.45, 2.75) is 53.4 Å². The SMILES string of the molecule is CC(=O)OCC[S].CC(=O)OCC[S].[CH2]CCC.[CH2]CCC.[Sn]. The largest absolute Gasteiger partial charge is 0.465 e. The van der Waals surface area contributed by atoms with Crippen molar-refractivity contribution in [3.8, 4) is 0 Å². The van der Waals surface area contributed by atoms with Crippen LogP contribution in [-0.4, -0.2) is 60.6 Å². The Kier molecular flexibility index (Phi) is 57.6. The Bertz CT molecular complexity index is 192. The molecule has 7 heteroatoms. The van der Waals surface area contributed by atoms with E-state index in [1.807, 2.05) is 0 Å². The number of esters is 2. The van der Waals surface area contributed by atoms with Crippen molar-refractivity contribution in [1.29, 1.82) is 0 Å². The van der Waals surface area contributed by atoms with E-state index in [1.54, 1.807) is 0 Å². The monoisotopic (exact) mass is 472 g/mol. The summed E-state index contributed by atoms with van der Waals surface area (Å²) in [6, 6.07) is 0. The van der Waals surface area contributed by atoms with Crippen molar-refractivity contribution in [2.75, 3.05) is 24.7 Å². The summed E-state index contributed by atoms with van der Waals surface area (Å²) in [5.74, 6) is 0.453. The number of carbonyl (C=O) groups is 2. The Balaban J connectivity index is -0.0000000639. The molecular weight excluding hydrogens is 439 g/mol. The first-order valence-electron chi connectivity index (χ1n) is 7.39. The van der Waals surface area contributed by atoms with Gasteiger partial charge in [-0.2, -0.15) is 0 Å². The van der Waals surface area contributed by atoms with Crippen LogP contribution in [0, 0.1) is 13.8 Å². The van der Waals surface area contributed by atoms with Gasteiger partial charge in [0.25, 0.3) is 0 Å². The van der Waals surface area contributed by atoms with E-state index < -0.39 is 0 Å². The Hall–Kier alpha value is 0.439. The van der Waals surface area contributed by atoms with Gasteiger partial charge >= 0.3 is 11.9 Å². The van der Waals surface area contributed by atoms with Crippen LogP contribution >= 0.6 is 25.3 Å². The van der Waals surface area contributed by atoms with Gasteiger partial charge in [-0.1, -0.05) is 78.6 Å². The maximum Gasteiger partial charge on any atom is 0.302 e. The van der Waals surface area contributed by atoms with Gasteiger partial charge in [0.2, 0.25) is 0 Å². The van der Waals surface area contributed by atoms with E-state index >= 15 is 0 Å². The fourth-order valence-corrected chi connectivity index (χ4v) is 0.537. The zero-order chi connectivity index (χ0) is 18.2. The molecule has 0 N–H and O–H groups in total. The Morgan fingerprint density at radius 1 is 0.826 bits per heavy atom. The summed E-state index contributed by atoms with van der Waals surface area (Å²) in [6.07, 6.45) is 4.56. The minimum absolute atomic E-state index is 0. The summed E-state index contributed by atoms with van der Waals surface area (Å²) in [7, 11) is 0. The third kappa shape index (κ3) is 86.0. The van der Waals surface area contributed by atoms with Gasteiger partial charge in [0.15, 0.2) is 0 Å². The molecule has 0 aromatic heterocycles. The van der Waals surface area contributed by atoms with Crippen LogP contribution in [0.1, 0.15) is 53.4 Å². The number of unbranched alkanes of at least 4 members (excludes halogenated alkanes) is 2. The van der Waals surface area contributed by atoms with Crippen LogP contribution in [0.15, 0.2) is 0 Å². The first-order chi connectivity index (χ1) is 10.4. The summed E-state index contributed by atoms with van der Waals surface area (Å²) < 4.78 is 8.90. The molecular formula is C16H32O4S2Sn. The minimum atomic E-state index is -0.259. The summed E-state index contributed by atoms with van der Waals surface area (Å²) >= 11 is 8.99. The van der Waals surface area contributed by atoms with E-state index in [9.17, 15) is 9.59 Å². The zero-order valence-electron chi connectivity index (χ0n) is 15.0. The van der Waals surface area contributed by atoms with Crippen molar-refractivity contribution in [3.63, 3.8) is 0 Å². The molecule has 0 atom stereocenters. The van der Waals surface area contributed by atoms with Crippen LogP contribution in [0.3, 0.4) is 0 Å². The van der Waals surface area contributed by atoms with Gasteiger partial charge in [0, 0.05) is 49.3 Å². The molecule has 0 rings (SSSR count). The predicted octanol–water partition coefficient (Wildman–Crippen LogP) is 4.35. The van der Waals surface area contributed by atoms with Crippen LogP contribution in [0.2, 0.25) is 0 Å². The van der Waals surface area contributed by atoms with Crippen LogP contribution in [0.4, 0.5) is 0 Å². The molecule has 0 unspecified atom stereocenters. The molecule has 0 spiro atoms. The number of hydrogen-bond donors (Lipinski definition) is 0. The molecule has 0 aromatic carbocycles. The van der Waals surface area contributed by atoms with Crippen LogP contribution < -0.4 is 0 Å². The second-order valence-electron chi connectivity index (χ2n) is 3.80. The zero-order valence-corrected chi connectivity index (χ0v) is 19.5. The van der Waals surface area contributed by atoms with Gasteiger partial charge in [-0.3, -0.25) is 9.59 Å².